The van der Waals surface area contributed by atoms with Gasteiger partial charge in [0.25, 0.3) is 11.9 Å². The molecule has 0 aromatic carbocycles. The molecule has 0 rings (SSSR count). The predicted molar refractivity (Wildman–Crippen MR) is 66.0 cm³/mol. The Bertz CT molecular complexity index is 290. The normalized spacial score (nSPS) is 10.5. The van der Waals surface area contributed by atoms with Gasteiger partial charge in [-0.25, -0.2) is 0 Å². The first kappa shape index (κ1) is 22.7. The molecule has 0 spiro atoms. The summed E-state index contributed by atoms with van der Waals surface area (Å²) in [6.07, 6.45) is 2.06. The largest absolute Gasteiger partial charge is 0.481 e. The molecule has 7 heteroatoms. The Kier molecular flexibility index (Phi) is 17.4. The summed E-state index contributed by atoms with van der Waals surface area (Å²) in [7, 11) is 0. The first-order valence-corrected chi connectivity index (χ1v) is 5.41. The molecule has 0 unspecified atom stereocenters. The molecule has 0 aromatic rings. The Morgan fingerprint density at radius 1 is 0.895 bits per heavy atom. The zero-order valence-electron chi connectivity index (χ0n) is 11.4. The molecule has 1 radical (unpaired) electrons. The number of hydrogen-bond acceptors (Lipinski definition) is 6. The van der Waals surface area contributed by atoms with Gasteiger partial charge in [0.05, 0.1) is 25.4 Å². The van der Waals surface area contributed by atoms with E-state index >= 15 is 0 Å². The first-order valence-electron chi connectivity index (χ1n) is 5.41. The summed E-state index contributed by atoms with van der Waals surface area (Å²) in [5.74, 6) is -1.07. The third-order valence-electron chi connectivity index (χ3n) is 1.24. The van der Waals surface area contributed by atoms with E-state index in [1.165, 1.54) is 13.8 Å². The maximum atomic E-state index is 10.2. The van der Waals surface area contributed by atoms with Crippen LogP contribution in [0.15, 0.2) is 24.0 Å². The van der Waals surface area contributed by atoms with Gasteiger partial charge in [-0.3, -0.25) is 9.59 Å². The minimum atomic E-state index is -0.315. The van der Waals surface area contributed by atoms with Gasteiger partial charge in [0.15, 0.2) is 11.6 Å². The van der Waals surface area contributed by atoms with Crippen molar-refractivity contribution in [3.05, 3.63) is 24.0 Å². The number of carbonyl (C=O) groups excluding carboxylic acids is 2. The van der Waals surface area contributed by atoms with Crippen molar-refractivity contribution in [3.63, 3.8) is 0 Å². The fourth-order valence-electron chi connectivity index (χ4n) is 0.727. The van der Waals surface area contributed by atoms with E-state index in [0.29, 0.717) is 13.2 Å². The van der Waals surface area contributed by atoms with Crippen LogP contribution in [0.3, 0.4) is 0 Å². The SMILES string of the molecule is CCO/C(O)=C/C(C)=O.CCO/C(O)=C/C(C)=O.[Co]. The smallest absolute Gasteiger partial charge is 0.280 e. The molecule has 0 fully saturated rings. The van der Waals surface area contributed by atoms with Crippen molar-refractivity contribution in [1.29, 1.82) is 0 Å². The van der Waals surface area contributed by atoms with E-state index < -0.39 is 0 Å². The zero-order valence-corrected chi connectivity index (χ0v) is 12.5. The minimum Gasteiger partial charge on any atom is -0.481 e. The zero-order chi connectivity index (χ0) is 14.6. The molecule has 6 nitrogen and oxygen atoms in total. The summed E-state index contributed by atoms with van der Waals surface area (Å²) < 4.78 is 9.10. The Labute approximate surface area is 123 Å². The van der Waals surface area contributed by atoms with Crippen LogP contribution in [0.25, 0.3) is 0 Å². The number of aliphatic hydroxyl groups is 2. The molecule has 0 saturated carbocycles. The van der Waals surface area contributed by atoms with Crippen LogP contribution >= 0.6 is 0 Å². The Hall–Kier alpha value is -1.47. The van der Waals surface area contributed by atoms with Crippen LogP contribution in [0.5, 0.6) is 0 Å². The average molecular weight is 319 g/mol. The molecule has 0 aliphatic heterocycles. The summed E-state index contributed by atoms with van der Waals surface area (Å²) in [4.78, 5) is 20.4. The van der Waals surface area contributed by atoms with Crippen molar-refractivity contribution < 1.29 is 46.1 Å². The summed E-state index contributed by atoms with van der Waals surface area (Å²) >= 11 is 0. The topological polar surface area (TPSA) is 93.1 Å². The molecular weight excluding hydrogens is 299 g/mol. The number of rotatable bonds is 6. The van der Waals surface area contributed by atoms with Crippen LogP contribution in [0, 0.1) is 0 Å². The number of carbonyl (C=O) groups is 2. The van der Waals surface area contributed by atoms with Crippen molar-refractivity contribution in [2.45, 2.75) is 27.7 Å². The Morgan fingerprint density at radius 2 is 1.16 bits per heavy atom. The van der Waals surface area contributed by atoms with Crippen LogP contribution in [-0.2, 0) is 35.8 Å². The van der Waals surface area contributed by atoms with E-state index in [2.05, 4.69) is 9.47 Å². The molecule has 0 aliphatic carbocycles. The van der Waals surface area contributed by atoms with Crippen LogP contribution in [0.4, 0.5) is 0 Å². The molecule has 113 valence electrons. The van der Waals surface area contributed by atoms with Gasteiger partial charge >= 0.3 is 0 Å². The van der Waals surface area contributed by atoms with Gasteiger partial charge in [-0.2, -0.15) is 0 Å². The Morgan fingerprint density at radius 3 is 1.32 bits per heavy atom. The quantitative estimate of drug-likeness (QED) is 0.575. The van der Waals surface area contributed by atoms with Gasteiger partial charge in [-0.1, -0.05) is 0 Å². The van der Waals surface area contributed by atoms with Gasteiger partial charge in [-0.15, -0.1) is 0 Å². The van der Waals surface area contributed by atoms with Crippen LogP contribution < -0.4 is 0 Å². The third kappa shape index (κ3) is 22.2. The summed E-state index contributed by atoms with van der Waals surface area (Å²) in [5, 5.41) is 17.3. The molecule has 0 atom stereocenters. The van der Waals surface area contributed by atoms with E-state index in [4.69, 9.17) is 10.2 Å². The molecule has 19 heavy (non-hydrogen) atoms. The summed E-state index contributed by atoms with van der Waals surface area (Å²) in [6.45, 7) is 6.88. The molecule has 2 N–H and O–H groups in total. The number of aliphatic hydroxyl groups excluding tert-OH is 2. The van der Waals surface area contributed by atoms with Crippen LogP contribution in [-0.4, -0.2) is 35.0 Å². The monoisotopic (exact) mass is 319 g/mol. The van der Waals surface area contributed by atoms with Crippen molar-refractivity contribution in [2.75, 3.05) is 13.2 Å². The second kappa shape index (κ2) is 14.6. The van der Waals surface area contributed by atoms with Gasteiger partial charge in [0, 0.05) is 16.8 Å². The fraction of sp³-hybridized carbons (Fsp3) is 0.500. The second-order valence-electron chi connectivity index (χ2n) is 3.05. The van der Waals surface area contributed by atoms with Crippen molar-refractivity contribution in [1.82, 2.24) is 0 Å². The summed E-state index contributed by atoms with van der Waals surface area (Å²) in [5.41, 5.74) is 0. The van der Waals surface area contributed by atoms with Crippen LogP contribution in [0.2, 0.25) is 0 Å². The Balaban J connectivity index is -0.000000256. The van der Waals surface area contributed by atoms with Gasteiger partial charge in [0.1, 0.15) is 0 Å². The summed E-state index contributed by atoms with van der Waals surface area (Å²) in [6, 6.07) is 0. The molecular formula is C12H20CoO6. The fourth-order valence-corrected chi connectivity index (χ4v) is 0.727. The second-order valence-corrected chi connectivity index (χ2v) is 3.05. The average Bonchev–Trinajstić information content (AvgIpc) is 2.16. The molecule has 0 heterocycles. The third-order valence-corrected chi connectivity index (χ3v) is 1.24. The van der Waals surface area contributed by atoms with Crippen molar-refractivity contribution in [3.8, 4) is 0 Å². The van der Waals surface area contributed by atoms with Gasteiger partial charge in [0.2, 0.25) is 0 Å². The van der Waals surface area contributed by atoms with E-state index in [9.17, 15) is 9.59 Å². The van der Waals surface area contributed by atoms with Gasteiger partial charge in [-0.05, 0) is 27.7 Å². The van der Waals surface area contributed by atoms with E-state index in [1.807, 2.05) is 0 Å². The van der Waals surface area contributed by atoms with Crippen molar-refractivity contribution in [2.24, 2.45) is 0 Å². The maximum absolute atomic E-state index is 10.2. The maximum Gasteiger partial charge on any atom is 0.280 e. The van der Waals surface area contributed by atoms with E-state index in [0.717, 1.165) is 12.2 Å². The standard InChI is InChI=1S/2C6H10O3.Co/c2*1-3-9-6(8)4-5(2)7;/h2*4,8H,3H2,1-2H3;/b2*6-4+;. The van der Waals surface area contributed by atoms with Crippen molar-refractivity contribution >= 4 is 11.6 Å². The number of ether oxygens (including phenoxy) is 2. The number of hydrogen-bond donors (Lipinski definition) is 2. The number of allylic oxidation sites excluding steroid dienone is 2. The predicted octanol–water partition coefficient (Wildman–Crippen LogP) is 2.02. The molecule has 0 aliphatic rings. The molecule has 0 amide bonds. The van der Waals surface area contributed by atoms with E-state index in [-0.39, 0.29) is 40.2 Å². The molecule has 0 saturated heterocycles. The van der Waals surface area contributed by atoms with Gasteiger partial charge < -0.3 is 19.7 Å². The number of ketones is 2. The molecule has 0 aromatic heterocycles. The first-order chi connectivity index (χ1) is 8.33. The molecule has 0 bridgehead atoms. The van der Waals surface area contributed by atoms with E-state index in [1.54, 1.807) is 13.8 Å². The van der Waals surface area contributed by atoms with Crippen LogP contribution in [0.1, 0.15) is 27.7 Å². The minimum absolute atomic E-state index is 0.